The molecule has 0 spiro atoms. The summed E-state index contributed by atoms with van der Waals surface area (Å²) in [5.74, 6) is 0.396. The first-order valence-electron chi connectivity index (χ1n) is 7.73. The van der Waals surface area contributed by atoms with E-state index in [1.165, 1.54) is 6.92 Å². The Hall–Kier alpha value is -3.15. The second-order valence-corrected chi connectivity index (χ2v) is 5.40. The van der Waals surface area contributed by atoms with Crippen molar-refractivity contribution in [3.05, 3.63) is 60.2 Å². The van der Waals surface area contributed by atoms with Gasteiger partial charge in [-0.3, -0.25) is 9.59 Å². The van der Waals surface area contributed by atoms with Gasteiger partial charge in [-0.15, -0.1) is 0 Å². The molecule has 0 saturated heterocycles. The predicted octanol–water partition coefficient (Wildman–Crippen LogP) is 3.11. The molecular weight excluding hydrogens is 304 g/mol. The third-order valence-electron chi connectivity index (χ3n) is 3.59. The van der Waals surface area contributed by atoms with Crippen LogP contribution in [0.3, 0.4) is 0 Å². The Bertz CT molecular complexity index is 914. The van der Waals surface area contributed by atoms with Crippen molar-refractivity contribution in [2.75, 3.05) is 10.6 Å². The van der Waals surface area contributed by atoms with Gasteiger partial charge in [0.15, 0.2) is 5.69 Å². The zero-order chi connectivity index (χ0) is 17.1. The summed E-state index contributed by atoms with van der Waals surface area (Å²) in [6.45, 7) is 3.44. The zero-order valence-electron chi connectivity index (χ0n) is 13.5. The molecule has 2 N–H and O–H groups in total. The maximum atomic E-state index is 12.6. The summed E-state index contributed by atoms with van der Waals surface area (Å²) in [6, 6.07) is 12.7. The number of rotatable bonds is 4. The number of pyridine rings is 1. The number of aromatic nitrogens is 2. The number of anilines is 2. The molecule has 6 nitrogen and oxygen atoms in total. The van der Waals surface area contributed by atoms with Crippen LogP contribution in [0.2, 0.25) is 0 Å². The summed E-state index contributed by atoms with van der Waals surface area (Å²) in [6.07, 6.45) is 2.63. The standard InChI is InChI=1S/C18H18N4O2/c1-3-16-21-17(15-9-4-5-10-22(15)16)18(24)20-14-8-6-7-13(11-14)19-12(2)23/h4-11H,3H2,1-2H3,(H,19,23)(H,20,24). The van der Waals surface area contributed by atoms with Gasteiger partial charge in [0.25, 0.3) is 5.91 Å². The molecule has 0 radical (unpaired) electrons. The van der Waals surface area contributed by atoms with Gasteiger partial charge in [0.1, 0.15) is 5.82 Å². The van der Waals surface area contributed by atoms with Crippen molar-refractivity contribution in [3.63, 3.8) is 0 Å². The largest absolute Gasteiger partial charge is 0.326 e. The molecular formula is C18H18N4O2. The van der Waals surface area contributed by atoms with Crippen LogP contribution in [0.4, 0.5) is 11.4 Å². The number of fused-ring (bicyclic) bond motifs is 1. The molecule has 2 aromatic heterocycles. The van der Waals surface area contributed by atoms with Gasteiger partial charge in [0.2, 0.25) is 5.91 Å². The molecule has 3 aromatic rings. The third-order valence-corrected chi connectivity index (χ3v) is 3.59. The summed E-state index contributed by atoms with van der Waals surface area (Å²) in [5.41, 5.74) is 2.38. The number of nitrogens with one attached hydrogen (secondary N) is 2. The molecule has 2 heterocycles. The fourth-order valence-corrected chi connectivity index (χ4v) is 2.59. The minimum Gasteiger partial charge on any atom is -0.326 e. The van der Waals surface area contributed by atoms with Crippen molar-refractivity contribution in [3.8, 4) is 0 Å². The molecule has 122 valence electrons. The minimum absolute atomic E-state index is 0.161. The number of nitrogens with zero attached hydrogens (tertiary/aromatic N) is 2. The van der Waals surface area contributed by atoms with Crippen LogP contribution in [0.5, 0.6) is 0 Å². The molecule has 0 aliphatic heterocycles. The van der Waals surface area contributed by atoms with Gasteiger partial charge in [-0.2, -0.15) is 0 Å². The molecule has 0 aliphatic rings. The number of carbonyl (C=O) groups is 2. The Morgan fingerprint density at radius 3 is 2.54 bits per heavy atom. The van der Waals surface area contributed by atoms with E-state index in [4.69, 9.17) is 0 Å². The maximum absolute atomic E-state index is 12.6. The molecule has 0 atom stereocenters. The maximum Gasteiger partial charge on any atom is 0.276 e. The van der Waals surface area contributed by atoms with Gasteiger partial charge in [0, 0.05) is 30.9 Å². The zero-order valence-corrected chi connectivity index (χ0v) is 13.5. The van der Waals surface area contributed by atoms with Crippen LogP contribution in [0, 0.1) is 0 Å². The van der Waals surface area contributed by atoms with Crippen LogP contribution in [0.1, 0.15) is 30.2 Å². The summed E-state index contributed by atoms with van der Waals surface area (Å²) in [7, 11) is 0. The SMILES string of the molecule is CCc1nc(C(=O)Nc2cccc(NC(C)=O)c2)c2ccccn12. The molecule has 0 fully saturated rings. The Morgan fingerprint density at radius 1 is 1.08 bits per heavy atom. The van der Waals surface area contributed by atoms with Gasteiger partial charge in [-0.25, -0.2) is 4.98 Å². The summed E-state index contributed by atoms with van der Waals surface area (Å²) >= 11 is 0. The van der Waals surface area contributed by atoms with Crippen LogP contribution >= 0.6 is 0 Å². The van der Waals surface area contributed by atoms with Gasteiger partial charge in [0.05, 0.1) is 5.52 Å². The van der Waals surface area contributed by atoms with Crippen LogP contribution in [0.25, 0.3) is 5.52 Å². The van der Waals surface area contributed by atoms with Crippen LogP contribution in [-0.2, 0) is 11.2 Å². The first-order chi connectivity index (χ1) is 11.6. The highest BCUT2D eigenvalue weighted by molar-refractivity contribution is 6.07. The number of amides is 2. The van der Waals surface area contributed by atoms with Crippen molar-refractivity contribution in [2.45, 2.75) is 20.3 Å². The fourth-order valence-electron chi connectivity index (χ4n) is 2.59. The molecule has 0 aliphatic carbocycles. The summed E-state index contributed by atoms with van der Waals surface area (Å²) in [4.78, 5) is 28.2. The number of carbonyl (C=O) groups excluding carboxylic acids is 2. The topological polar surface area (TPSA) is 75.5 Å². The van der Waals surface area contributed by atoms with Crippen molar-refractivity contribution >= 4 is 28.7 Å². The average Bonchev–Trinajstić information content (AvgIpc) is 2.93. The highest BCUT2D eigenvalue weighted by Crippen LogP contribution is 2.18. The van der Waals surface area contributed by atoms with E-state index >= 15 is 0 Å². The lowest BCUT2D eigenvalue weighted by Gasteiger charge is -2.07. The molecule has 0 saturated carbocycles. The van der Waals surface area contributed by atoms with E-state index in [-0.39, 0.29) is 11.8 Å². The van der Waals surface area contributed by atoms with E-state index in [1.54, 1.807) is 24.3 Å². The monoisotopic (exact) mass is 322 g/mol. The van der Waals surface area contributed by atoms with Gasteiger partial charge in [-0.05, 0) is 30.3 Å². The molecule has 0 unspecified atom stereocenters. The van der Waals surface area contributed by atoms with Crippen LogP contribution < -0.4 is 10.6 Å². The van der Waals surface area contributed by atoms with Crippen molar-refractivity contribution in [1.82, 2.24) is 9.38 Å². The van der Waals surface area contributed by atoms with E-state index in [2.05, 4.69) is 15.6 Å². The smallest absolute Gasteiger partial charge is 0.276 e. The van der Waals surface area contributed by atoms with Crippen LogP contribution in [0.15, 0.2) is 48.7 Å². The van der Waals surface area contributed by atoms with Crippen molar-refractivity contribution < 1.29 is 9.59 Å². The number of hydrogen-bond donors (Lipinski definition) is 2. The van der Waals surface area contributed by atoms with Crippen molar-refractivity contribution in [1.29, 1.82) is 0 Å². The normalized spacial score (nSPS) is 10.6. The Kier molecular flexibility index (Phi) is 4.29. The summed E-state index contributed by atoms with van der Waals surface area (Å²) < 4.78 is 1.92. The first-order valence-corrected chi connectivity index (χ1v) is 7.73. The quantitative estimate of drug-likeness (QED) is 0.775. The van der Waals surface area contributed by atoms with Gasteiger partial charge in [-0.1, -0.05) is 19.1 Å². The molecule has 6 heteroatoms. The number of hydrogen-bond acceptors (Lipinski definition) is 3. The lowest BCUT2D eigenvalue weighted by molar-refractivity contribution is -0.114. The van der Waals surface area contributed by atoms with E-state index in [1.807, 2.05) is 35.7 Å². The number of aryl methyl sites for hydroxylation is 1. The van der Waals surface area contributed by atoms with Crippen LogP contribution in [-0.4, -0.2) is 21.2 Å². The van der Waals surface area contributed by atoms with E-state index < -0.39 is 0 Å². The Balaban J connectivity index is 1.89. The highest BCUT2D eigenvalue weighted by atomic mass is 16.2. The second-order valence-electron chi connectivity index (χ2n) is 5.40. The average molecular weight is 322 g/mol. The number of benzene rings is 1. The Labute approximate surface area is 139 Å². The second kappa shape index (κ2) is 6.54. The molecule has 24 heavy (non-hydrogen) atoms. The molecule has 0 bridgehead atoms. The lowest BCUT2D eigenvalue weighted by atomic mass is 10.2. The predicted molar refractivity (Wildman–Crippen MR) is 93.3 cm³/mol. The fraction of sp³-hybridized carbons (Fsp3) is 0.167. The number of imidazole rings is 1. The molecule has 3 rings (SSSR count). The first kappa shape index (κ1) is 15.7. The van der Waals surface area contributed by atoms with E-state index in [0.717, 1.165) is 17.8 Å². The van der Waals surface area contributed by atoms with E-state index in [0.29, 0.717) is 17.1 Å². The molecule has 2 amide bonds. The Morgan fingerprint density at radius 2 is 1.83 bits per heavy atom. The van der Waals surface area contributed by atoms with E-state index in [9.17, 15) is 9.59 Å². The van der Waals surface area contributed by atoms with Gasteiger partial charge < -0.3 is 15.0 Å². The summed E-state index contributed by atoms with van der Waals surface area (Å²) in [5, 5.41) is 5.53. The lowest BCUT2D eigenvalue weighted by Crippen LogP contribution is -2.13. The minimum atomic E-state index is -0.279. The van der Waals surface area contributed by atoms with Gasteiger partial charge >= 0.3 is 0 Å². The molecule has 1 aromatic carbocycles. The third kappa shape index (κ3) is 3.12. The highest BCUT2D eigenvalue weighted by Gasteiger charge is 2.16. The van der Waals surface area contributed by atoms with Crippen molar-refractivity contribution in [2.24, 2.45) is 0 Å².